The van der Waals surface area contributed by atoms with E-state index in [1.165, 1.54) is 0 Å². The fourth-order valence-electron chi connectivity index (χ4n) is 1.67. The third-order valence-electron chi connectivity index (χ3n) is 2.72. The first-order chi connectivity index (χ1) is 10.1. The van der Waals surface area contributed by atoms with Crippen LogP contribution in [0.5, 0.6) is 0 Å². The molecule has 0 fully saturated rings. The first kappa shape index (κ1) is 16.9. The van der Waals surface area contributed by atoms with Gasteiger partial charge in [-0.25, -0.2) is 5.84 Å². The lowest BCUT2D eigenvalue weighted by Crippen LogP contribution is -2.26. The van der Waals surface area contributed by atoms with Crippen molar-refractivity contribution in [2.24, 2.45) is 5.84 Å². The first-order valence-electron chi connectivity index (χ1n) is 7.01. The molecule has 0 aliphatic heterocycles. The molecule has 0 aliphatic rings. The van der Waals surface area contributed by atoms with Gasteiger partial charge in [-0.05, 0) is 20.8 Å². The molecule has 0 atom stereocenters. The molecule has 0 aromatic carbocycles. The number of ether oxygens (including phenoxy) is 1. The molecule has 0 saturated heterocycles. The van der Waals surface area contributed by atoms with Crippen LogP contribution in [-0.4, -0.2) is 47.2 Å². The molecule has 0 radical (unpaired) electrons. The second-order valence-corrected chi connectivity index (χ2v) is 4.08. The van der Waals surface area contributed by atoms with Crippen LogP contribution in [0.2, 0.25) is 0 Å². The minimum Gasteiger partial charge on any atom is -0.466 e. The molecule has 9 nitrogen and oxygen atoms in total. The number of carbonyl (C=O) groups is 1. The van der Waals surface area contributed by atoms with E-state index in [1.54, 1.807) is 6.92 Å². The summed E-state index contributed by atoms with van der Waals surface area (Å²) in [5.41, 5.74) is 2.41. The van der Waals surface area contributed by atoms with Crippen molar-refractivity contribution in [1.29, 1.82) is 0 Å². The van der Waals surface area contributed by atoms with Crippen LogP contribution >= 0.6 is 0 Å². The van der Waals surface area contributed by atoms with Gasteiger partial charge in [0.1, 0.15) is 0 Å². The van der Waals surface area contributed by atoms with E-state index in [2.05, 4.69) is 25.7 Å². The molecule has 4 N–H and O–H groups in total. The lowest BCUT2D eigenvalue weighted by molar-refractivity contribution is -0.142. The lowest BCUT2D eigenvalue weighted by atomic mass is 10.4. The summed E-state index contributed by atoms with van der Waals surface area (Å²) in [5, 5.41) is 2.97. The highest BCUT2D eigenvalue weighted by molar-refractivity contribution is 5.69. The van der Waals surface area contributed by atoms with Gasteiger partial charge in [-0.1, -0.05) is 0 Å². The highest BCUT2D eigenvalue weighted by Gasteiger charge is 2.11. The second kappa shape index (κ2) is 8.90. The van der Waals surface area contributed by atoms with Crippen molar-refractivity contribution in [3.8, 4) is 0 Å². The zero-order valence-electron chi connectivity index (χ0n) is 12.7. The summed E-state index contributed by atoms with van der Waals surface area (Å²) < 4.78 is 4.85. The SMILES string of the molecule is CCOC(=O)CCNc1nc(NN)nc(N(CC)CC)n1. The van der Waals surface area contributed by atoms with E-state index in [-0.39, 0.29) is 18.3 Å². The summed E-state index contributed by atoms with van der Waals surface area (Å²) in [6.45, 7) is 8.09. The molecule has 21 heavy (non-hydrogen) atoms. The van der Waals surface area contributed by atoms with Crippen molar-refractivity contribution in [2.75, 3.05) is 41.9 Å². The molecule has 1 aromatic rings. The first-order valence-corrected chi connectivity index (χ1v) is 7.01. The van der Waals surface area contributed by atoms with E-state index in [0.29, 0.717) is 25.0 Å². The number of nitrogen functional groups attached to an aromatic ring is 1. The van der Waals surface area contributed by atoms with Gasteiger partial charge in [-0.2, -0.15) is 15.0 Å². The Morgan fingerprint density at radius 2 is 1.86 bits per heavy atom. The van der Waals surface area contributed by atoms with Gasteiger partial charge in [0.2, 0.25) is 17.8 Å². The molecule has 118 valence electrons. The zero-order valence-corrected chi connectivity index (χ0v) is 12.7. The van der Waals surface area contributed by atoms with Crippen molar-refractivity contribution >= 4 is 23.8 Å². The van der Waals surface area contributed by atoms with Gasteiger partial charge >= 0.3 is 5.97 Å². The highest BCUT2D eigenvalue weighted by atomic mass is 16.5. The number of rotatable bonds is 9. The maximum atomic E-state index is 11.3. The average molecular weight is 297 g/mol. The van der Waals surface area contributed by atoms with Crippen LogP contribution in [0.25, 0.3) is 0 Å². The lowest BCUT2D eigenvalue weighted by Gasteiger charge is -2.19. The summed E-state index contributed by atoms with van der Waals surface area (Å²) in [6.07, 6.45) is 0.242. The molecular weight excluding hydrogens is 274 g/mol. The number of nitrogens with two attached hydrogens (primary N) is 1. The predicted molar refractivity (Wildman–Crippen MR) is 80.9 cm³/mol. The Morgan fingerprint density at radius 1 is 1.19 bits per heavy atom. The fourth-order valence-corrected chi connectivity index (χ4v) is 1.67. The minimum atomic E-state index is -0.264. The van der Waals surface area contributed by atoms with Crippen LogP contribution in [0.4, 0.5) is 17.8 Å². The predicted octanol–water partition coefficient (Wildman–Crippen LogP) is 0.369. The molecule has 9 heteroatoms. The summed E-state index contributed by atoms with van der Waals surface area (Å²) in [5.74, 6) is 6.26. The van der Waals surface area contributed by atoms with Crippen LogP contribution in [-0.2, 0) is 9.53 Å². The topological polar surface area (TPSA) is 118 Å². The normalized spacial score (nSPS) is 10.1. The molecule has 0 aliphatic carbocycles. The summed E-state index contributed by atoms with van der Waals surface area (Å²) >= 11 is 0. The van der Waals surface area contributed by atoms with E-state index >= 15 is 0 Å². The van der Waals surface area contributed by atoms with Crippen LogP contribution in [0.3, 0.4) is 0 Å². The van der Waals surface area contributed by atoms with Crippen LogP contribution in [0.15, 0.2) is 0 Å². The Labute approximate surface area is 124 Å². The number of hydrogen-bond donors (Lipinski definition) is 3. The molecule has 1 aromatic heterocycles. The minimum absolute atomic E-state index is 0.242. The molecule has 0 unspecified atom stereocenters. The number of nitrogens with one attached hydrogen (secondary N) is 2. The van der Waals surface area contributed by atoms with Crippen molar-refractivity contribution in [2.45, 2.75) is 27.2 Å². The number of esters is 1. The zero-order chi connectivity index (χ0) is 15.7. The molecular formula is C12H23N7O2. The van der Waals surface area contributed by atoms with E-state index in [1.807, 2.05) is 18.7 Å². The second-order valence-electron chi connectivity index (χ2n) is 4.08. The number of aromatic nitrogens is 3. The number of anilines is 3. The summed E-state index contributed by atoms with van der Waals surface area (Å²) in [7, 11) is 0. The van der Waals surface area contributed by atoms with Crippen LogP contribution in [0.1, 0.15) is 27.2 Å². The van der Waals surface area contributed by atoms with E-state index in [0.717, 1.165) is 13.1 Å². The summed E-state index contributed by atoms with van der Waals surface area (Å²) in [4.78, 5) is 25.9. The Hall–Kier alpha value is -2.16. The van der Waals surface area contributed by atoms with Crippen molar-refractivity contribution in [3.63, 3.8) is 0 Å². The maximum Gasteiger partial charge on any atom is 0.307 e. The van der Waals surface area contributed by atoms with Gasteiger partial charge in [-0.15, -0.1) is 0 Å². The van der Waals surface area contributed by atoms with Crippen LogP contribution in [0, 0.1) is 0 Å². The van der Waals surface area contributed by atoms with Gasteiger partial charge in [0, 0.05) is 19.6 Å². The number of hydrazine groups is 1. The van der Waals surface area contributed by atoms with Gasteiger partial charge in [0.15, 0.2) is 0 Å². The quantitative estimate of drug-likeness (QED) is 0.337. The van der Waals surface area contributed by atoms with Crippen molar-refractivity contribution in [3.05, 3.63) is 0 Å². The molecule has 0 spiro atoms. The third kappa shape index (κ3) is 5.38. The smallest absolute Gasteiger partial charge is 0.307 e. The van der Waals surface area contributed by atoms with Gasteiger partial charge in [0.05, 0.1) is 13.0 Å². The molecule has 1 rings (SSSR count). The molecule has 1 heterocycles. The van der Waals surface area contributed by atoms with E-state index < -0.39 is 0 Å². The average Bonchev–Trinajstić information content (AvgIpc) is 2.48. The Kier molecular flexibility index (Phi) is 7.16. The monoisotopic (exact) mass is 297 g/mol. The Bertz CT molecular complexity index is 451. The standard InChI is InChI=1S/C12H23N7O2/c1-4-19(5-2)12-16-10(15-11(17-12)18-13)14-8-7-9(20)21-6-3/h4-8,13H2,1-3H3,(H2,14,15,16,17,18). The number of nitrogens with zero attached hydrogens (tertiary/aromatic N) is 4. The summed E-state index contributed by atoms with van der Waals surface area (Å²) in [6, 6.07) is 0. The van der Waals surface area contributed by atoms with E-state index in [4.69, 9.17) is 10.6 Å². The van der Waals surface area contributed by atoms with Crippen LogP contribution < -0.4 is 21.5 Å². The number of carbonyl (C=O) groups excluding carboxylic acids is 1. The molecule has 0 amide bonds. The third-order valence-corrected chi connectivity index (χ3v) is 2.72. The van der Waals surface area contributed by atoms with Gasteiger partial charge in [0.25, 0.3) is 0 Å². The number of hydrogen-bond acceptors (Lipinski definition) is 9. The Morgan fingerprint density at radius 3 is 2.43 bits per heavy atom. The van der Waals surface area contributed by atoms with E-state index in [9.17, 15) is 4.79 Å². The van der Waals surface area contributed by atoms with Crippen molar-refractivity contribution in [1.82, 2.24) is 15.0 Å². The Balaban J connectivity index is 2.72. The maximum absolute atomic E-state index is 11.3. The van der Waals surface area contributed by atoms with Gasteiger partial charge < -0.3 is 15.0 Å². The molecule has 0 bridgehead atoms. The van der Waals surface area contributed by atoms with Crippen molar-refractivity contribution < 1.29 is 9.53 Å². The molecule has 0 saturated carbocycles. The van der Waals surface area contributed by atoms with Gasteiger partial charge in [-0.3, -0.25) is 10.2 Å². The largest absolute Gasteiger partial charge is 0.466 e. The fraction of sp³-hybridized carbons (Fsp3) is 0.667. The highest BCUT2D eigenvalue weighted by Crippen LogP contribution is 2.12.